The van der Waals surface area contributed by atoms with Crippen LogP contribution in [-0.4, -0.2) is 5.11 Å². The van der Waals surface area contributed by atoms with E-state index in [-0.39, 0.29) is 5.41 Å². The molecule has 1 aliphatic rings. The lowest BCUT2D eigenvalue weighted by atomic mass is 9.76. The van der Waals surface area contributed by atoms with Gasteiger partial charge in [-0.1, -0.05) is 92.1 Å². The lowest BCUT2D eigenvalue weighted by Crippen LogP contribution is -2.37. The number of aliphatic hydroxyl groups is 1. The molecule has 136 valence electrons. The van der Waals surface area contributed by atoms with Crippen LogP contribution in [0.2, 0.25) is 0 Å². The third-order valence-electron chi connectivity index (χ3n) is 5.44. The maximum atomic E-state index is 11.5. The molecular weight excluding hydrogens is 340 g/mol. The molecule has 0 aromatic heterocycles. The first-order valence-electron chi connectivity index (χ1n) is 9.50. The second-order valence-corrected chi connectivity index (χ2v) is 7.84. The highest BCUT2D eigenvalue weighted by Crippen LogP contribution is 2.49. The van der Waals surface area contributed by atoms with Crippen molar-refractivity contribution >= 4 is 0 Å². The largest absolute Gasteiger partial charge is 0.373 e. The van der Waals surface area contributed by atoms with Gasteiger partial charge in [-0.3, -0.25) is 0 Å². The zero-order valence-corrected chi connectivity index (χ0v) is 16.2. The van der Waals surface area contributed by atoms with Crippen molar-refractivity contribution < 1.29 is 5.11 Å². The summed E-state index contributed by atoms with van der Waals surface area (Å²) < 4.78 is 0. The van der Waals surface area contributed by atoms with Crippen molar-refractivity contribution in [2.45, 2.75) is 25.9 Å². The predicted molar refractivity (Wildman–Crippen MR) is 114 cm³/mol. The summed E-state index contributed by atoms with van der Waals surface area (Å²) in [6.45, 7) is 4.14. The van der Waals surface area contributed by atoms with E-state index in [9.17, 15) is 5.11 Å². The van der Waals surface area contributed by atoms with Gasteiger partial charge >= 0.3 is 0 Å². The van der Waals surface area contributed by atoms with E-state index in [0.29, 0.717) is 0 Å². The van der Waals surface area contributed by atoms with E-state index in [1.165, 1.54) is 5.56 Å². The van der Waals surface area contributed by atoms with Gasteiger partial charge in [0.1, 0.15) is 0 Å². The monoisotopic (exact) mass is 362 g/mol. The van der Waals surface area contributed by atoms with Crippen molar-refractivity contribution in [2.75, 3.05) is 0 Å². The molecule has 0 amide bonds. The maximum absolute atomic E-state index is 11.5. The third-order valence-corrected chi connectivity index (χ3v) is 5.44. The number of hydrogen-bond acceptors (Lipinski definition) is 1. The Hall–Kier alpha value is -3.26. The van der Waals surface area contributed by atoms with Crippen molar-refractivity contribution in [2.24, 2.45) is 5.41 Å². The molecular formula is C27H22O. The van der Waals surface area contributed by atoms with Crippen molar-refractivity contribution in [1.29, 1.82) is 0 Å². The SMILES string of the molecule is CC1(C)Cc2ccccc2C1(O)C#Cc1ccccc1C#Cc1ccccc1. The molecule has 1 unspecified atom stereocenters. The molecule has 1 aliphatic carbocycles. The second-order valence-electron chi connectivity index (χ2n) is 7.84. The van der Waals surface area contributed by atoms with E-state index < -0.39 is 5.60 Å². The maximum Gasteiger partial charge on any atom is 0.156 e. The average Bonchev–Trinajstić information content (AvgIpc) is 2.92. The molecule has 1 N–H and O–H groups in total. The zero-order chi connectivity index (χ0) is 19.6. The molecule has 28 heavy (non-hydrogen) atoms. The summed E-state index contributed by atoms with van der Waals surface area (Å²) in [6, 6.07) is 25.8. The Labute approximate surface area is 167 Å². The summed E-state index contributed by atoms with van der Waals surface area (Å²) >= 11 is 0. The fourth-order valence-corrected chi connectivity index (χ4v) is 3.75. The molecule has 0 fully saturated rings. The van der Waals surface area contributed by atoms with Crippen molar-refractivity contribution in [3.05, 3.63) is 107 Å². The molecule has 0 heterocycles. The van der Waals surface area contributed by atoms with E-state index in [4.69, 9.17) is 0 Å². The third kappa shape index (κ3) is 3.22. The highest BCUT2D eigenvalue weighted by molar-refractivity contribution is 5.55. The van der Waals surface area contributed by atoms with Crippen LogP contribution in [0, 0.1) is 29.1 Å². The molecule has 3 aromatic rings. The molecule has 0 saturated heterocycles. The van der Waals surface area contributed by atoms with Gasteiger partial charge in [-0.05, 0) is 41.8 Å². The van der Waals surface area contributed by atoms with E-state index in [0.717, 1.165) is 28.7 Å². The average molecular weight is 362 g/mol. The summed E-state index contributed by atoms with van der Waals surface area (Å²) in [5, 5.41) is 11.5. The van der Waals surface area contributed by atoms with Gasteiger partial charge in [-0.2, -0.15) is 0 Å². The van der Waals surface area contributed by atoms with Crippen LogP contribution in [0.3, 0.4) is 0 Å². The first-order chi connectivity index (χ1) is 13.5. The Morgan fingerprint density at radius 2 is 1.32 bits per heavy atom. The van der Waals surface area contributed by atoms with E-state index in [1.54, 1.807) is 0 Å². The minimum atomic E-state index is -1.18. The summed E-state index contributed by atoms with van der Waals surface area (Å²) in [7, 11) is 0. The second kappa shape index (κ2) is 7.05. The Bertz CT molecular complexity index is 1130. The van der Waals surface area contributed by atoms with Gasteiger partial charge < -0.3 is 5.11 Å². The van der Waals surface area contributed by atoms with Crippen LogP contribution in [0.1, 0.15) is 41.7 Å². The lowest BCUT2D eigenvalue weighted by molar-refractivity contribution is -0.00421. The lowest BCUT2D eigenvalue weighted by Gasteiger charge is -2.32. The van der Waals surface area contributed by atoms with Crippen LogP contribution in [0.15, 0.2) is 78.9 Å². The van der Waals surface area contributed by atoms with E-state index in [2.05, 4.69) is 43.6 Å². The van der Waals surface area contributed by atoms with Gasteiger partial charge in [0.25, 0.3) is 0 Å². The van der Waals surface area contributed by atoms with Crippen molar-refractivity contribution in [3.8, 4) is 23.7 Å². The molecule has 1 heteroatoms. The van der Waals surface area contributed by atoms with Gasteiger partial charge in [-0.25, -0.2) is 0 Å². The van der Waals surface area contributed by atoms with Crippen molar-refractivity contribution in [3.63, 3.8) is 0 Å². The zero-order valence-electron chi connectivity index (χ0n) is 16.2. The fraction of sp³-hybridized carbons (Fsp3) is 0.185. The van der Waals surface area contributed by atoms with Crippen LogP contribution in [0.4, 0.5) is 0 Å². The van der Waals surface area contributed by atoms with Gasteiger partial charge in [0.05, 0.1) is 0 Å². The molecule has 0 aliphatic heterocycles. The van der Waals surface area contributed by atoms with E-state index in [1.807, 2.05) is 72.8 Å². The van der Waals surface area contributed by atoms with Crippen molar-refractivity contribution in [1.82, 2.24) is 0 Å². The summed E-state index contributed by atoms with van der Waals surface area (Å²) in [4.78, 5) is 0. The van der Waals surface area contributed by atoms with Crippen LogP contribution in [0.5, 0.6) is 0 Å². The van der Waals surface area contributed by atoms with Gasteiger partial charge in [-0.15, -0.1) is 0 Å². The highest BCUT2D eigenvalue weighted by atomic mass is 16.3. The number of hydrogen-bond donors (Lipinski definition) is 1. The summed E-state index contributed by atoms with van der Waals surface area (Å²) in [6.07, 6.45) is 0.809. The molecule has 3 aromatic carbocycles. The molecule has 0 saturated carbocycles. The Kier molecular flexibility index (Phi) is 4.56. The summed E-state index contributed by atoms with van der Waals surface area (Å²) in [5.74, 6) is 12.8. The van der Waals surface area contributed by atoms with Crippen LogP contribution < -0.4 is 0 Å². The van der Waals surface area contributed by atoms with Gasteiger partial charge in [0.15, 0.2) is 5.60 Å². The molecule has 4 rings (SSSR count). The quantitative estimate of drug-likeness (QED) is 0.564. The first kappa shape index (κ1) is 18.1. The molecule has 0 bridgehead atoms. The Morgan fingerprint density at radius 3 is 2.07 bits per heavy atom. The predicted octanol–water partition coefficient (Wildman–Crippen LogP) is 4.91. The van der Waals surface area contributed by atoms with Gasteiger partial charge in [0, 0.05) is 22.1 Å². The minimum Gasteiger partial charge on any atom is -0.373 e. The first-order valence-corrected chi connectivity index (χ1v) is 9.50. The van der Waals surface area contributed by atoms with Gasteiger partial charge in [0.2, 0.25) is 0 Å². The Morgan fingerprint density at radius 1 is 0.714 bits per heavy atom. The van der Waals surface area contributed by atoms with Crippen LogP contribution >= 0.6 is 0 Å². The summed E-state index contributed by atoms with van der Waals surface area (Å²) in [5.41, 5.74) is 3.22. The number of rotatable bonds is 0. The molecule has 0 spiro atoms. The Balaban J connectivity index is 1.74. The standard InChI is InChI=1S/C27H22O/c1-26(2)20-24-14-8-9-15-25(24)27(26,28)19-18-23-13-7-6-12-22(23)17-16-21-10-4-3-5-11-21/h3-15,28H,20H2,1-2H3. The highest BCUT2D eigenvalue weighted by Gasteiger charge is 2.50. The number of fused-ring (bicyclic) bond motifs is 1. The molecule has 1 nitrogen and oxygen atoms in total. The fourth-order valence-electron chi connectivity index (χ4n) is 3.75. The topological polar surface area (TPSA) is 20.2 Å². The van der Waals surface area contributed by atoms with E-state index >= 15 is 0 Å². The molecule has 1 atom stereocenters. The number of benzene rings is 3. The normalized spacial score (nSPS) is 19.0. The minimum absolute atomic E-state index is 0.353. The smallest absolute Gasteiger partial charge is 0.156 e. The molecule has 0 radical (unpaired) electrons. The van der Waals surface area contributed by atoms with Crippen LogP contribution in [-0.2, 0) is 12.0 Å². The van der Waals surface area contributed by atoms with Crippen LogP contribution in [0.25, 0.3) is 0 Å².